The summed E-state index contributed by atoms with van der Waals surface area (Å²) in [5, 5.41) is 0. The first-order valence-electron chi connectivity index (χ1n) is 9.27. The first kappa shape index (κ1) is 19.9. The maximum Gasteiger partial charge on any atom is 0.343 e. The number of hydrogen-bond donors (Lipinski definition) is 0. The molecule has 0 aromatic heterocycles. The lowest BCUT2D eigenvalue weighted by atomic mass is 9.73. The molecule has 0 amide bonds. The predicted molar refractivity (Wildman–Crippen MR) is 106 cm³/mol. The van der Waals surface area contributed by atoms with Gasteiger partial charge in [-0.1, -0.05) is 13.8 Å². The van der Waals surface area contributed by atoms with E-state index in [0.717, 1.165) is 23.3 Å². The number of benzene rings is 2. The second-order valence-corrected chi connectivity index (χ2v) is 8.49. The number of esters is 2. The van der Waals surface area contributed by atoms with Crippen LogP contribution in [0, 0.1) is 6.92 Å². The minimum absolute atomic E-state index is 0.123. The smallest absolute Gasteiger partial charge is 0.343 e. The van der Waals surface area contributed by atoms with Gasteiger partial charge in [0.25, 0.3) is 0 Å². The lowest BCUT2D eigenvalue weighted by Gasteiger charge is -2.42. The van der Waals surface area contributed by atoms with Crippen molar-refractivity contribution >= 4 is 11.9 Å². The zero-order chi connectivity index (χ0) is 20.7. The van der Waals surface area contributed by atoms with Gasteiger partial charge in [-0.05, 0) is 74.6 Å². The summed E-state index contributed by atoms with van der Waals surface area (Å²) in [5.41, 5.74) is 2.32. The summed E-state index contributed by atoms with van der Waals surface area (Å²) in [6, 6.07) is 10.1. The Hall–Kier alpha value is -2.82. The van der Waals surface area contributed by atoms with Gasteiger partial charge < -0.3 is 14.2 Å². The molecule has 3 rings (SSSR count). The number of methoxy groups -OCH3 is 1. The number of hydrogen-bond acceptors (Lipinski definition) is 5. The number of fused-ring (bicyclic) bond motifs is 1. The molecule has 28 heavy (non-hydrogen) atoms. The quantitative estimate of drug-likeness (QED) is 0.561. The average molecular weight is 382 g/mol. The van der Waals surface area contributed by atoms with Crippen LogP contribution in [0.3, 0.4) is 0 Å². The molecule has 2 aromatic carbocycles. The summed E-state index contributed by atoms with van der Waals surface area (Å²) in [6.07, 6.45) is 0.847. The van der Waals surface area contributed by atoms with Crippen molar-refractivity contribution in [3.05, 3.63) is 58.7 Å². The Morgan fingerprint density at radius 3 is 2.25 bits per heavy atom. The SMILES string of the molecule is COC(=O)c1ccc(OC(=O)c2cc3c(cc2C)OC(C)(C)CC3(C)C)cc1. The summed E-state index contributed by atoms with van der Waals surface area (Å²) < 4.78 is 16.3. The Morgan fingerprint density at radius 2 is 1.64 bits per heavy atom. The molecular formula is C23H26O5. The first-order valence-corrected chi connectivity index (χ1v) is 9.27. The van der Waals surface area contributed by atoms with Crippen LogP contribution >= 0.6 is 0 Å². The van der Waals surface area contributed by atoms with Gasteiger partial charge in [-0.2, -0.15) is 0 Å². The number of ether oxygens (including phenoxy) is 3. The molecular weight excluding hydrogens is 356 g/mol. The molecule has 0 bridgehead atoms. The highest BCUT2D eigenvalue weighted by atomic mass is 16.5. The fourth-order valence-corrected chi connectivity index (χ4v) is 3.95. The van der Waals surface area contributed by atoms with Gasteiger partial charge in [-0.15, -0.1) is 0 Å². The highest BCUT2D eigenvalue weighted by molar-refractivity contribution is 5.93. The molecule has 0 fully saturated rings. The van der Waals surface area contributed by atoms with E-state index >= 15 is 0 Å². The van der Waals surface area contributed by atoms with E-state index in [0.29, 0.717) is 16.9 Å². The zero-order valence-corrected chi connectivity index (χ0v) is 17.2. The molecule has 0 atom stereocenters. The van der Waals surface area contributed by atoms with Crippen molar-refractivity contribution in [3.8, 4) is 11.5 Å². The summed E-state index contributed by atoms with van der Waals surface area (Å²) in [6.45, 7) is 10.3. The Balaban J connectivity index is 1.88. The minimum atomic E-state index is -0.438. The van der Waals surface area contributed by atoms with Crippen molar-refractivity contribution in [1.29, 1.82) is 0 Å². The normalized spacial score (nSPS) is 16.5. The van der Waals surface area contributed by atoms with Gasteiger partial charge in [0.05, 0.1) is 18.2 Å². The van der Waals surface area contributed by atoms with Crippen molar-refractivity contribution in [1.82, 2.24) is 0 Å². The van der Waals surface area contributed by atoms with Crippen LogP contribution in [0.4, 0.5) is 0 Å². The van der Waals surface area contributed by atoms with E-state index < -0.39 is 11.9 Å². The van der Waals surface area contributed by atoms with E-state index in [2.05, 4.69) is 32.4 Å². The summed E-state index contributed by atoms with van der Waals surface area (Å²) >= 11 is 0. The molecule has 0 spiro atoms. The number of rotatable bonds is 3. The third-order valence-electron chi connectivity index (χ3n) is 5.02. The van der Waals surface area contributed by atoms with E-state index in [-0.39, 0.29) is 11.0 Å². The number of carbonyl (C=O) groups is 2. The monoisotopic (exact) mass is 382 g/mol. The van der Waals surface area contributed by atoms with Crippen molar-refractivity contribution in [3.63, 3.8) is 0 Å². The van der Waals surface area contributed by atoms with Crippen molar-refractivity contribution in [2.75, 3.05) is 7.11 Å². The van der Waals surface area contributed by atoms with Gasteiger partial charge in [0, 0.05) is 5.56 Å². The fraction of sp³-hybridized carbons (Fsp3) is 0.391. The predicted octanol–water partition coefficient (Wildman–Crippen LogP) is 4.84. The molecule has 1 heterocycles. The molecule has 1 aliphatic heterocycles. The molecule has 1 aliphatic rings. The van der Waals surface area contributed by atoms with E-state index in [1.165, 1.54) is 7.11 Å². The largest absolute Gasteiger partial charge is 0.488 e. The Bertz CT molecular complexity index is 923. The molecule has 0 unspecified atom stereocenters. The van der Waals surface area contributed by atoms with Crippen molar-refractivity contribution < 1.29 is 23.8 Å². The Morgan fingerprint density at radius 1 is 1.00 bits per heavy atom. The van der Waals surface area contributed by atoms with Crippen LogP contribution in [0.25, 0.3) is 0 Å². The van der Waals surface area contributed by atoms with Crippen LogP contribution in [-0.4, -0.2) is 24.6 Å². The highest BCUT2D eigenvalue weighted by Crippen LogP contribution is 2.45. The third kappa shape index (κ3) is 3.88. The van der Waals surface area contributed by atoms with Crippen LogP contribution in [0.2, 0.25) is 0 Å². The summed E-state index contributed by atoms with van der Waals surface area (Å²) in [7, 11) is 1.32. The van der Waals surface area contributed by atoms with Crippen LogP contribution < -0.4 is 9.47 Å². The van der Waals surface area contributed by atoms with Crippen LogP contribution in [0.15, 0.2) is 36.4 Å². The topological polar surface area (TPSA) is 61.8 Å². The van der Waals surface area contributed by atoms with E-state index in [9.17, 15) is 9.59 Å². The van der Waals surface area contributed by atoms with Crippen molar-refractivity contribution in [2.45, 2.75) is 52.1 Å². The van der Waals surface area contributed by atoms with Gasteiger partial charge in [0.15, 0.2) is 0 Å². The molecule has 5 heteroatoms. The molecule has 0 radical (unpaired) electrons. The minimum Gasteiger partial charge on any atom is -0.488 e. The Kier molecular flexibility index (Phi) is 4.96. The molecule has 0 N–H and O–H groups in total. The van der Waals surface area contributed by atoms with Gasteiger partial charge >= 0.3 is 11.9 Å². The molecule has 2 aromatic rings. The summed E-state index contributed by atoms with van der Waals surface area (Å²) in [4.78, 5) is 24.3. The van der Waals surface area contributed by atoms with Crippen LogP contribution in [-0.2, 0) is 10.2 Å². The maximum absolute atomic E-state index is 12.8. The number of carbonyl (C=O) groups excluding carboxylic acids is 2. The molecule has 0 saturated carbocycles. The molecule has 5 nitrogen and oxygen atoms in total. The summed E-state index contributed by atoms with van der Waals surface area (Å²) in [5.74, 6) is 0.310. The van der Waals surface area contributed by atoms with E-state index in [1.54, 1.807) is 24.3 Å². The van der Waals surface area contributed by atoms with E-state index in [1.807, 2.05) is 19.1 Å². The lowest BCUT2D eigenvalue weighted by molar-refractivity contribution is 0.0531. The van der Waals surface area contributed by atoms with Crippen molar-refractivity contribution in [2.24, 2.45) is 0 Å². The third-order valence-corrected chi connectivity index (χ3v) is 5.02. The van der Waals surface area contributed by atoms with Gasteiger partial charge in [-0.3, -0.25) is 0 Å². The second kappa shape index (κ2) is 6.97. The molecule has 0 aliphatic carbocycles. The standard InChI is InChI=1S/C23H26O5/c1-14-11-19-18(22(2,3)13-23(4,5)28-19)12-17(14)21(25)27-16-9-7-15(8-10-16)20(24)26-6/h7-12H,13H2,1-6H3. The second-order valence-electron chi connectivity index (χ2n) is 8.49. The van der Waals surface area contributed by atoms with Crippen LogP contribution in [0.1, 0.15) is 66.0 Å². The molecule has 148 valence electrons. The van der Waals surface area contributed by atoms with Crippen LogP contribution in [0.5, 0.6) is 11.5 Å². The van der Waals surface area contributed by atoms with Gasteiger partial charge in [0.2, 0.25) is 0 Å². The zero-order valence-electron chi connectivity index (χ0n) is 17.2. The molecule has 0 saturated heterocycles. The van der Waals surface area contributed by atoms with Gasteiger partial charge in [0.1, 0.15) is 17.1 Å². The number of aryl methyl sites for hydroxylation is 1. The van der Waals surface area contributed by atoms with E-state index in [4.69, 9.17) is 9.47 Å². The van der Waals surface area contributed by atoms with Gasteiger partial charge in [-0.25, -0.2) is 9.59 Å². The Labute approximate surface area is 165 Å². The maximum atomic E-state index is 12.8. The lowest BCUT2D eigenvalue weighted by Crippen LogP contribution is -2.41. The fourth-order valence-electron chi connectivity index (χ4n) is 3.95. The highest BCUT2D eigenvalue weighted by Gasteiger charge is 2.39. The first-order chi connectivity index (χ1) is 13.0. The average Bonchev–Trinajstić information content (AvgIpc) is 2.59.